The molecule has 0 bridgehead atoms. The third-order valence-electron chi connectivity index (χ3n) is 4.27. The van der Waals surface area contributed by atoms with Crippen LogP contribution in [0.25, 0.3) is 5.69 Å². The number of likely N-dealkylation sites (tertiary alicyclic amines) is 1. The van der Waals surface area contributed by atoms with Gasteiger partial charge in [0.15, 0.2) is 5.96 Å². The molecule has 0 radical (unpaired) electrons. The number of hydrogen-bond donors (Lipinski definition) is 1. The maximum atomic E-state index is 5.26. The largest absolute Gasteiger partial charge is 0.384 e. The Balaban J connectivity index is 1.54. The van der Waals surface area contributed by atoms with Gasteiger partial charge in [-0.05, 0) is 24.1 Å². The van der Waals surface area contributed by atoms with Crippen molar-refractivity contribution in [2.75, 3.05) is 33.9 Å². The summed E-state index contributed by atoms with van der Waals surface area (Å²) in [5.74, 6) is 1.55. The number of hydrogen-bond acceptors (Lipinski definition) is 4. The molecule has 0 aliphatic carbocycles. The number of benzene rings is 1. The quantitative estimate of drug-likeness (QED) is 0.662. The number of ether oxygens (including phenoxy) is 1. The highest BCUT2D eigenvalue weighted by Gasteiger charge is 2.24. The first-order valence-electron chi connectivity index (χ1n) is 8.18. The van der Waals surface area contributed by atoms with Crippen LogP contribution in [0, 0.1) is 5.92 Å². The number of methoxy groups -OCH3 is 1. The number of rotatable bonds is 5. The second-order valence-corrected chi connectivity index (χ2v) is 5.96. The van der Waals surface area contributed by atoms with Crippen LogP contribution < -0.4 is 5.32 Å². The fourth-order valence-corrected chi connectivity index (χ4v) is 3.02. The van der Waals surface area contributed by atoms with Gasteiger partial charge in [0.05, 0.1) is 12.3 Å². The van der Waals surface area contributed by atoms with E-state index in [0.717, 1.165) is 44.3 Å². The number of aromatic nitrogens is 3. The summed E-state index contributed by atoms with van der Waals surface area (Å²) in [5.41, 5.74) is 2.20. The summed E-state index contributed by atoms with van der Waals surface area (Å²) in [4.78, 5) is 10.7. The highest BCUT2D eigenvalue weighted by atomic mass is 16.5. The molecule has 0 amide bonds. The molecule has 0 spiro atoms. The minimum absolute atomic E-state index is 0.593. The van der Waals surface area contributed by atoms with E-state index in [0.29, 0.717) is 5.92 Å². The van der Waals surface area contributed by atoms with Gasteiger partial charge < -0.3 is 15.0 Å². The fourth-order valence-electron chi connectivity index (χ4n) is 3.02. The monoisotopic (exact) mass is 328 g/mol. The summed E-state index contributed by atoms with van der Waals surface area (Å²) in [5, 5.41) is 7.58. The summed E-state index contributed by atoms with van der Waals surface area (Å²) in [6, 6.07) is 8.27. The Morgan fingerprint density at radius 2 is 2.21 bits per heavy atom. The lowest BCUT2D eigenvalue weighted by Gasteiger charge is -2.21. The lowest BCUT2D eigenvalue weighted by atomic mass is 10.1. The van der Waals surface area contributed by atoms with Gasteiger partial charge in [-0.15, -0.1) is 0 Å². The van der Waals surface area contributed by atoms with Crippen molar-refractivity contribution in [2.45, 2.75) is 13.0 Å². The van der Waals surface area contributed by atoms with Crippen LogP contribution in [0.3, 0.4) is 0 Å². The summed E-state index contributed by atoms with van der Waals surface area (Å²) in [6.07, 6.45) is 4.38. The lowest BCUT2D eigenvalue weighted by molar-refractivity contribution is 0.157. The van der Waals surface area contributed by atoms with Crippen molar-refractivity contribution >= 4 is 5.96 Å². The van der Waals surface area contributed by atoms with Crippen LogP contribution >= 0.6 is 0 Å². The Hall–Kier alpha value is -2.41. The maximum absolute atomic E-state index is 5.26. The molecule has 0 saturated carbocycles. The van der Waals surface area contributed by atoms with Crippen LogP contribution in [0.2, 0.25) is 0 Å². The molecule has 1 N–H and O–H groups in total. The molecule has 1 saturated heterocycles. The third kappa shape index (κ3) is 3.91. The number of nitrogens with zero attached hydrogens (tertiary/aromatic N) is 5. The molecule has 1 fully saturated rings. The Bertz CT molecular complexity index is 652. The first-order chi connectivity index (χ1) is 11.8. The second-order valence-electron chi connectivity index (χ2n) is 5.96. The molecular formula is C17H24N6O. The predicted molar refractivity (Wildman–Crippen MR) is 93.1 cm³/mol. The summed E-state index contributed by atoms with van der Waals surface area (Å²) in [6.45, 7) is 3.59. The van der Waals surface area contributed by atoms with Crippen molar-refractivity contribution in [3.63, 3.8) is 0 Å². The smallest absolute Gasteiger partial charge is 0.193 e. The van der Waals surface area contributed by atoms with Gasteiger partial charge in [-0.2, -0.15) is 5.10 Å². The fraction of sp³-hybridized carbons (Fsp3) is 0.471. The van der Waals surface area contributed by atoms with Crippen molar-refractivity contribution < 1.29 is 4.74 Å². The predicted octanol–water partition coefficient (Wildman–Crippen LogP) is 1.31. The Labute approximate surface area is 142 Å². The van der Waals surface area contributed by atoms with Crippen LogP contribution in [0.5, 0.6) is 0 Å². The van der Waals surface area contributed by atoms with E-state index in [1.165, 1.54) is 11.9 Å². The molecule has 128 valence electrons. The van der Waals surface area contributed by atoms with Gasteiger partial charge in [0.2, 0.25) is 0 Å². The molecule has 2 aromatic rings. The average Bonchev–Trinajstić information content (AvgIpc) is 3.29. The summed E-state index contributed by atoms with van der Waals surface area (Å²) < 4.78 is 7.01. The van der Waals surface area contributed by atoms with Crippen molar-refractivity contribution in [1.82, 2.24) is 25.0 Å². The SMILES string of the molecule is CN=C(NCc1ccc(-n2cncn2)cc1)N1CCC(COC)C1. The minimum atomic E-state index is 0.593. The van der Waals surface area contributed by atoms with E-state index in [1.54, 1.807) is 18.1 Å². The van der Waals surface area contributed by atoms with Gasteiger partial charge in [-0.3, -0.25) is 4.99 Å². The van der Waals surface area contributed by atoms with Crippen LogP contribution in [-0.2, 0) is 11.3 Å². The molecule has 1 aromatic heterocycles. The number of nitrogens with one attached hydrogen (secondary N) is 1. The lowest BCUT2D eigenvalue weighted by Crippen LogP contribution is -2.39. The van der Waals surface area contributed by atoms with E-state index in [4.69, 9.17) is 4.74 Å². The highest BCUT2D eigenvalue weighted by molar-refractivity contribution is 5.80. The zero-order valence-corrected chi connectivity index (χ0v) is 14.2. The van der Waals surface area contributed by atoms with E-state index < -0.39 is 0 Å². The second kappa shape index (κ2) is 7.92. The topological polar surface area (TPSA) is 67.6 Å². The van der Waals surface area contributed by atoms with E-state index in [-0.39, 0.29) is 0 Å². The maximum Gasteiger partial charge on any atom is 0.193 e. The molecular weight excluding hydrogens is 304 g/mol. The summed E-state index contributed by atoms with van der Waals surface area (Å²) >= 11 is 0. The van der Waals surface area contributed by atoms with Crippen LogP contribution in [0.4, 0.5) is 0 Å². The summed E-state index contributed by atoms with van der Waals surface area (Å²) in [7, 11) is 3.60. The Kier molecular flexibility index (Phi) is 5.43. The normalized spacial score (nSPS) is 18.2. The van der Waals surface area contributed by atoms with E-state index in [2.05, 4.69) is 37.4 Å². The van der Waals surface area contributed by atoms with Gasteiger partial charge in [0.1, 0.15) is 12.7 Å². The Morgan fingerprint density at radius 1 is 1.38 bits per heavy atom. The van der Waals surface area contributed by atoms with Gasteiger partial charge in [-0.25, -0.2) is 9.67 Å². The molecule has 1 aliphatic heterocycles. The van der Waals surface area contributed by atoms with Crippen LogP contribution in [-0.4, -0.2) is 59.5 Å². The standard InChI is InChI=1S/C17H24N6O/c1-18-17(22-8-7-15(10-22)11-24-2)20-9-14-3-5-16(6-4-14)23-13-19-12-21-23/h3-6,12-13,15H,7-11H2,1-2H3,(H,18,20). The highest BCUT2D eigenvalue weighted by Crippen LogP contribution is 2.16. The first-order valence-corrected chi connectivity index (χ1v) is 8.18. The first kappa shape index (κ1) is 16.4. The average molecular weight is 328 g/mol. The zero-order chi connectivity index (χ0) is 16.8. The van der Waals surface area contributed by atoms with Crippen molar-refractivity contribution in [1.29, 1.82) is 0 Å². The molecule has 3 rings (SSSR count). The van der Waals surface area contributed by atoms with E-state index in [9.17, 15) is 0 Å². The van der Waals surface area contributed by atoms with Crippen LogP contribution in [0.1, 0.15) is 12.0 Å². The van der Waals surface area contributed by atoms with E-state index >= 15 is 0 Å². The number of guanidine groups is 1. The Morgan fingerprint density at radius 3 is 2.88 bits per heavy atom. The van der Waals surface area contributed by atoms with Crippen molar-refractivity contribution in [3.8, 4) is 5.69 Å². The third-order valence-corrected chi connectivity index (χ3v) is 4.27. The van der Waals surface area contributed by atoms with Crippen molar-refractivity contribution in [3.05, 3.63) is 42.5 Å². The van der Waals surface area contributed by atoms with E-state index in [1.807, 2.05) is 19.2 Å². The van der Waals surface area contributed by atoms with Gasteiger partial charge in [0, 0.05) is 39.7 Å². The molecule has 1 aromatic carbocycles. The molecule has 7 heteroatoms. The number of aliphatic imine (C=N–C) groups is 1. The molecule has 1 atom stereocenters. The van der Waals surface area contributed by atoms with Crippen molar-refractivity contribution in [2.24, 2.45) is 10.9 Å². The zero-order valence-electron chi connectivity index (χ0n) is 14.2. The molecule has 2 heterocycles. The molecule has 24 heavy (non-hydrogen) atoms. The van der Waals surface area contributed by atoms with Gasteiger partial charge >= 0.3 is 0 Å². The van der Waals surface area contributed by atoms with Gasteiger partial charge in [-0.1, -0.05) is 12.1 Å². The molecule has 7 nitrogen and oxygen atoms in total. The minimum Gasteiger partial charge on any atom is -0.384 e. The molecule has 1 aliphatic rings. The molecule has 1 unspecified atom stereocenters. The van der Waals surface area contributed by atoms with Gasteiger partial charge in [0.25, 0.3) is 0 Å². The van der Waals surface area contributed by atoms with Crippen LogP contribution in [0.15, 0.2) is 41.9 Å².